The van der Waals surface area contributed by atoms with E-state index in [0.717, 1.165) is 44.6 Å². The van der Waals surface area contributed by atoms with E-state index in [1.165, 1.54) is 27.1 Å². The fourth-order valence-electron chi connectivity index (χ4n) is 8.69. The molecule has 1 aliphatic carbocycles. The van der Waals surface area contributed by atoms with Gasteiger partial charge in [-0.25, -0.2) is 0 Å². The molecule has 8 atom stereocenters. The normalized spacial score (nSPS) is 19.2. The zero-order chi connectivity index (χ0) is 55.1. The molecule has 0 spiro atoms. The lowest BCUT2D eigenvalue weighted by Gasteiger charge is -2.38. The Hall–Kier alpha value is -2.56. The van der Waals surface area contributed by atoms with Gasteiger partial charge in [-0.05, 0) is 114 Å². The summed E-state index contributed by atoms with van der Waals surface area (Å²) in [7, 11) is 2.66. The molecule has 1 aliphatic rings. The van der Waals surface area contributed by atoms with Gasteiger partial charge in [0.05, 0.1) is 32.0 Å². The van der Waals surface area contributed by atoms with Crippen LogP contribution >= 0.6 is 0 Å². The van der Waals surface area contributed by atoms with Crippen molar-refractivity contribution in [1.82, 2.24) is 21.3 Å². The van der Waals surface area contributed by atoms with Gasteiger partial charge < -0.3 is 75.6 Å². The third-order valence-electron chi connectivity index (χ3n) is 13.5. The number of unbranched alkanes of at least 4 members (excludes halogenated alkanes) is 7. The predicted molar refractivity (Wildman–Crippen MR) is 283 cm³/mol. The average Bonchev–Trinajstić information content (AvgIpc) is 3.36. The molecule has 1 saturated carbocycles. The van der Waals surface area contributed by atoms with Gasteiger partial charge in [0, 0.05) is 72.9 Å². The highest BCUT2D eigenvalue weighted by molar-refractivity contribution is 5.87. The zero-order valence-electron chi connectivity index (χ0n) is 46.8. The maximum absolute atomic E-state index is 13.4. The summed E-state index contributed by atoms with van der Waals surface area (Å²) < 4.78 is 27.2. The SMILES string of the molecule is CC.COC(CO)C(O)C(O)COCCCCCC(=O)NCCCCC(NC(=O)CCCCCOCC(O)C(O)C(CO)OC)C(=O)NCCCCCC(=O)NCC(C)(C)CC(C)COC1(C)CCC(C)CC1. The van der Waals surface area contributed by atoms with E-state index in [0.29, 0.717) is 116 Å². The topological polar surface area (TPSA) is 284 Å². The number of rotatable bonds is 44. The number of carbonyl (C=O) groups is 4. The van der Waals surface area contributed by atoms with Crippen molar-refractivity contribution in [3.8, 4) is 0 Å². The van der Waals surface area contributed by atoms with Crippen LogP contribution in [0.4, 0.5) is 0 Å². The van der Waals surface area contributed by atoms with Gasteiger partial charge in [-0.3, -0.25) is 19.2 Å². The minimum atomic E-state index is -1.29. The summed E-state index contributed by atoms with van der Waals surface area (Å²) in [5, 5.41) is 70.5. The van der Waals surface area contributed by atoms with Gasteiger partial charge >= 0.3 is 0 Å². The highest BCUT2D eigenvalue weighted by atomic mass is 16.5. The summed E-state index contributed by atoms with van der Waals surface area (Å²) in [6, 6.07) is -0.755. The molecule has 0 bridgehead atoms. The number of hydrogen-bond donors (Lipinski definition) is 10. The number of methoxy groups -OCH3 is 2. The number of ether oxygens (including phenoxy) is 5. The van der Waals surface area contributed by atoms with Gasteiger partial charge in [-0.15, -0.1) is 0 Å². The smallest absolute Gasteiger partial charge is 0.242 e. The van der Waals surface area contributed by atoms with Crippen molar-refractivity contribution in [2.75, 3.05) is 80.1 Å². The van der Waals surface area contributed by atoms with Crippen molar-refractivity contribution in [2.45, 2.75) is 225 Å². The largest absolute Gasteiger partial charge is 0.394 e. The third kappa shape index (κ3) is 34.7. The first-order valence-corrected chi connectivity index (χ1v) is 27.7. The standard InChI is InChI=1S/C52H100N4O15.C2H6/c1-38-23-25-52(5,26-24-38)71-34-39(2)31-51(3,4)37-55-46(62)21-11-8-15-28-54-50(66)40(56-47(63)22-13-10-18-30-70-36-42(60)49(65)44(33-58)68-7)19-14-16-27-53-45(61)20-12-9-17-29-69-35-41(59)48(64)43(32-57)67-6;1-2/h38-44,48-49,57-60,64-65H,8-37H2,1-7H3,(H,53,61)(H,54,66)(H,55,62)(H,56,63);1-2H3. The van der Waals surface area contributed by atoms with Crippen LogP contribution in [0.5, 0.6) is 0 Å². The maximum atomic E-state index is 13.4. The summed E-state index contributed by atoms with van der Waals surface area (Å²) in [4.78, 5) is 51.6. The van der Waals surface area contributed by atoms with E-state index >= 15 is 0 Å². The van der Waals surface area contributed by atoms with Crippen LogP contribution in [-0.4, -0.2) is 183 Å². The van der Waals surface area contributed by atoms with Gasteiger partial charge in [0.2, 0.25) is 23.6 Å². The third-order valence-corrected chi connectivity index (χ3v) is 13.5. The van der Waals surface area contributed by atoms with Gasteiger partial charge in [-0.1, -0.05) is 60.8 Å². The molecule has 8 unspecified atom stereocenters. The van der Waals surface area contributed by atoms with Crippen LogP contribution in [-0.2, 0) is 42.9 Å². The molecule has 0 radical (unpaired) electrons. The fraction of sp³-hybridized carbons (Fsp3) is 0.926. The maximum Gasteiger partial charge on any atom is 0.242 e. The van der Waals surface area contributed by atoms with Crippen molar-refractivity contribution in [3.05, 3.63) is 0 Å². The van der Waals surface area contributed by atoms with Gasteiger partial charge in [0.25, 0.3) is 0 Å². The Labute approximate surface area is 439 Å². The number of aliphatic hydroxyl groups excluding tert-OH is 6. The first-order valence-electron chi connectivity index (χ1n) is 27.7. The second-order valence-electron chi connectivity index (χ2n) is 21.1. The molecule has 0 aromatic rings. The summed E-state index contributed by atoms with van der Waals surface area (Å²) in [5.74, 6) is 0.548. The summed E-state index contributed by atoms with van der Waals surface area (Å²) in [6.07, 6.45) is 7.31. The predicted octanol–water partition coefficient (Wildman–Crippen LogP) is 4.23. The molecule has 432 valence electrons. The number of carbonyl (C=O) groups excluding carboxylic acids is 4. The Morgan fingerprint density at radius 3 is 1.62 bits per heavy atom. The van der Waals surface area contributed by atoms with E-state index in [9.17, 15) is 49.8 Å². The quantitative estimate of drug-likeness (QED) is 0.0383. The first-order chi connectivity index (χ1) is 34.8. The van der Waals surface area contributed by atoms with E-state index < -0.39 is 55.9 Å². The second kappa shape index (κ2) is 42.5. The van der Waals surface area contributed by atoms with Crippen molar-refractivity contribution < 1.29 is 73.5 Å². The number of amides is 4. The number of nitrogens with one attached hydrogen (secondary N) is 4. The van der Waals surface area contributed by atoms with E-state index in [1.807, 2.05) is 13.8 Å². The number of aliphatic hydroxyl groups is 6. The van der Waals surface area contributed by atoms with Gasteiger partial charge in [0.1, 0.15) is 42.7 Å². The summed E-state index contributed by atoms with van der Waals surface area (Å²) in [5.41, 5.74) is -0.0914. The molecule has 0 saturated heterocycles. The monoisotopic (exact) mass is 1050 g/mol. The summed E-state index contributed by atoms with van der Waals surface area (Å²) in [6.45, 7) is 16.8. The summed E-state index contributed by atoms with van der Waals surface area (Å²) >= 11 is 0. The molecule has 19 nitrogen and oxygen atoms in total. The van der Waals surface area contributed by atoms with Crippen LogP contribution in [0, 0.1) is 17.3 Å². The highest BCUT2D eigenvalue weighted by Gasteiger charge is 2.32. The minimum absolute atomic E-state index is 0.0183. The fourth-order valence-corrected chi connectivity index (χ4v) is 8.69. The molecular weight excluding hydrogens is 945 g/mol. The average molecular weight is 1050 g/mol. The van der Waals surface area contributed by atoms with Gasteiger partial charge in [0.15, 0.2) is 0 Å². The Morgan fingerprint density at radius 1 is 0.644 bits per heavy atom. The molecule has 0 aliphatic heterocycles. The molecule has 0 aromatic carbocycles. The lowest BCUT2D eigenvalue weighted by Crippen LogP contribution is -2.47. The van der Waals surface area contributed by atoms with Crippen LogP contribution in [0.3, 0.4) is 0 Å². The number of hydrogen-bond acceptors (Lipinski definition) is 15. The molecule has 1 fully saturated rings. The Kier molecular flexibility index (Phi) is 41.0. The van der Waals surface area contributed by atoms with Crippen LogP contribution < -0.4 is 21.3 Å². The molecular formula is C54H106N4O15. The van der Waals surface area contributed by atoms with Crippen molar-refractivity contribution in [3.63, 3.8) is 0 Å². The molecule has 0 aromatic heterocycles. The first kappa shape index (κ1) is 70.4. The zero-order valence-corrected chi connectivity index (χ0v) is 46.8. The highest BCUT2D eigenvalue weighted by Crippen LogP contribution is 2.35. The van der Waals surface area contributed by atoms with E-state index in [1.54, 1.807) is 0 Å². The Bertz CT molecular complexity index is 1400. The van der Waals surface area contributed by atoms with Crippen LogP contribution in [0.1, 0.15) is 177 Å². The molecule has 1 rings (SSSR count). The molecule has 0 heterocycles. The molecule has 19 heteroatoms. The minimum Gasteiger partial charge on any atom is -0.394 e. The molecule has 4 amide bonds. The van der Waals surface area contributed by atoms with Gasteiger partial charge in [-0.2, -0.15) is 0 Å². The lowest BCUT2D eigenvalue weighted by molar-refractivity contribution is -0.129. The lowest BCUT2D eigenvalue weighted by atomic mass is 9.80. The Morgan fingerprint density at radius 2 is 1.11 bits per heavy atom. The van der Waals surface area contributed by atoms with Crippen molar-refractivity contribution in [2.24, 2.45) is 17.3 Å². The van der Waals surface area contributed by atoms with Crippen LogP contribution in [0.15, 0.2) is 0 Å². The van der Waals surface area contributed by atoms with Crippen molar-refractivity contribution >= 4 is 23.6 Å². The molecule has 73 heavy (non-hydrogen) atoms. The van der Waals surface area contributed by atoms with Crippen LogP contribution in [0.2, 0.25) is 0 Å². The van der Waals surface area contributed by atoms with E-state index in [-0.39, 0.29) is 54.3 Å². The van der Waals surface area contributed by atoms with Crippen LogP contribution in [0.25, 0.3) is 0 Å². The Balaban J connectivity index is 0.0000256. The second-order valence-corrected chi connectivity index (χ2v) is 21.1. The van der Waals surface area contributed by atoms with Crippen molar-refractivity contribution in [1.29, 1.82) is 0 Å². The molecule has 10 N–H and O–H groups in total. The van der Waals surface area contributed by atoms with E-state index in [4.69, 9.17) is 23.7 Å². The van der Waals surface area contributed by atoms with E-state index in [2.05, 4.69) is 55.9 Å².